The van der Waals surface area contributed by atoms with Crippen LogP contribution in [0, 0.1) is 12.8 Å². The Bertz CT molecular complexity index is 1290. The molecule has 0 radical (unpaired) electrons. The molecule has 2 fully saturated rings. The van der Waals surface area contributed by atoms with Gasteiger partial charge in [0.05, 0.1) is 21.8 Å². The maximum absolute atomic E-state index is 13.4. The summed E-state index contributed by atoms with van der Waals surface area (Å²) < 4.78 is 2.90. The Balaban J connectivity index is 1.31. The minimum absolute atomic E-state index is 0.00219. The van der Waals surface area contributed by atoms with Crippen LogP contribution in [0.15, 0.2) is 23.0 Å². The first-order valence-electron chi connectivity index (χ1n) is 11.1. The van der Waals surface area contributed by atoms with Crippen molar-refractivity contribution in [1.82, 2.24) is 14.5 Å². The fraction of sp³-hybridized carbons (Fsp3) is 0.458. The Morgan fingerprint density at radius 3 is 2.74 bits per heavy atom. The fourth-order valence-electron chi connectivity index (χ4n) is 4.71. The number of benzene rings is 1. The second kappa shape index (κ2) is 7.17. The summed E-state index contributed by atoms with van der Waals surface area (Å²) in [7, 11) is 0. The van der Waals surface area contributed by atoms with Gasteiger partial charge < -0.3 is 9.47 Å². The Kier molecular flexibility index (Phi) is 4.51. The van der Waals surface area contributed by atoms with Crippen molar-refractivity contribution in [3.8, 4) is 0 Å². The molecule has 0 atom stereocenters. The lowest BCUT2D eigenvalue weighted by molar-refractivity contribution is 0.0749. The maximum atomic E-state index is 13.4. The van der Waals surface area contributed by atoms with E-state index in [4.69, 9.17) is 16.6 Å². The van der Waals surface area contributed by atoms with Crippen molar-refractivity contribution in [2.45, 2.75) is 64.6 Å². The van der Waals surface area contributed by atoms with Crippen molar-refractivity contribution >= 4 is 39.1 Å². The van der Waals surface area contributed by atoms with Crippen molar-refractivity contribution in [1.29, 1.82) is 0 Å². The summed E-state index contributed by atoms with van der Waals surface area (Å²) in [6.45, 7) is 3.56. The van der Waals surface area contributed by atoms with E-state index in [1.54, 1.807) is 11.3 Å². The molecule has 3 heterocycles. The molecule has 0 unspecified atom stereocenters. The Labute approximate surface area is 189 Å². The minimum atomic E-state index is -0.117. The van der Waals surface area contributed by atoms with Crippen LogP contribution in [0.2, 0.25) is 5.02 Å². The van der Waals surface area contributed by atoms with Crippen LogP contribution in [0.3, 0.4) is 0 Å². The molecule has 6 rings (SSSR count). The van der Waals surface area contributed by atoms with Gasteiger partial charge in [-0.25, -0.2) is 4.98 Å². The summed E-state index contributed by atoms with van der Waals surface area (Å²) >= 11 is 8.10. The highest BCUT2D eigenvalue weighted by molar-refractivity contribution is 7.18. The third kappa shape index (κ3) is 3.23. The van der Waals surface area contributed by atoms with E-state index < -0.39 is 0 Å². The Morgan fingerprint density at radius 2 is 2.03 bits per heavy atom. The topological polar surface area (TPSA) is 55.2 Å². The highest BCUT2D eigenvalue weighted by atomic mass is 35.5. The summed E-state index contributed by atoms with van der Waals surface area (Å²) in [5, 5.41) is 1.50. The first kappa shape index (κ1) is 19.5. The fourth-order valence-corrected chi connectivity index (χ4v) is 6.11. The second-order valence-corrected chi connectivity index (χ2v) is 10.7. The first-order chi connectivity index (χ1) is 15.0. The zero-order chi connectivity index (χ0) is 21.3. The van der Waals surface area contributed by atoms with Crippen LogP contribution in [-0.2, 0) is 19.6 Å². The van der Waals surface area contributed by atoms with Gasteiger partial charge in [0.2, 0.25) is 0 Å². The van der Waals surface area contributed by atoms with Crippen LogP contribution >= 0.6 is 22.9 Å². The van der Waals surface area contributed by atoms with Gasteiger partial charge in [0.1, 0.15) is 5.02 Å². The summed E-state index contributed by atoms with van der Waals surface area (Å²) in [5.74, 6) is 1.15. The van der Waals surface area contributed by atoms with Crippen molar-refractivity contribution in [3.05, 3.63) is 61.0 Å². The normalized spacial score (nSPS) is 18.5. The Morgan fingerprint density at radius 1 is 1.23 bits per heavy atom. The minimum Gasteiger partial charge on any atom is -0.328 e. The van der Waals surface area contributed by atoms with Gasteiger partial charge in [0, 0.05) is 30.3 Å². The van der Waals surface area contributed by atoms with E-state index in [-0.39, 0.29) is 11.5 Å². The molecule has 160 valence electrons. The Hall–Kier alpha value is -2.18. The third-order valence-electron chi connectivity index (χ3n) is 7.11. The number of hydrogen-bond acceptors (Lipinski definition) is 4. The largest absolute Gasteiger partial charge is 0.328 e. The summed E-state index contributed by atoms with van der Waals surface area (Å²) in [4.78, 5) is 32.8. The zero-order valence-corrected chi connectivity index (χ0v) is 19.1. The molecule has 2 saturated carbocycles. The summed E-state index contributed by atoms with van der Waals surface area (Å²) in [5.41, 5.74) is 4.35. The lowest BCUT2D eigenvalue weighted by atomic mass is 9.86. The van der Waals surface area contributed by atoms with E-state index >= 15 is 0 Å². The molecular weight excluding hydrogens is 430 g/mol. The second-order valence-electron chi connectivity index (χ2n) is 9.25. The predicted molar refractivity (Wildman–Crippen MR) is 123 cm³/mol. The summed E-state index contributed by atoms with van der Waals surface area (Å²) in [6.07, 6.45) is 6.06. The van der Waals surface area contributed by atoms with Gasteiger partial charge in [-0.05, 0) is 67.9 Å². The number of nitrogens with zero attached hydrogens (tertiary/aromatic N) is 3. The van der Waals surface area contributed by atoms with Crippen molar-refractivity contribution < 1.29 is 4.79 Å². The molecular formula is C24H24ClN3O2S. The van der Waals surface area contributed by atoms with Gasteiger partial charge in [-0.15, -0.1) is 11.3 Å². The lowest BCUT2D eigenvalue weighted by Crippen LogP contribution is -2.28. The molecule has 0 N–H and O–H groups in total. The highest BCUT2D eigenvalue weighted by Crippen LogP contribution is 2.40. The van der Waals surface area contributed by atoms with Crippen LogP contribution in [0.5, 0.6) is 0 Å². The molecule has 1 aliphatic heterocycles. The van der Waals surface area contributed by atoms with Crippen LogP contribution in [0.25, 0.3) is 10.2 Å². The molecule has 0 spiro atoms. The van der Waals surface area contributed by atoms with Crippen LogP contribution in [0.4, 0.5) is 0 Å². The van der Waals surface area contributed by atoms with E-state index in [1.807, 2.05) is 34.6 Å². The lowest BCUT2D eigenvalue weighted by Gasteiger charge is -2.22. The van der Waals surface area contributed by atoms with Crippen LogP contribution < -0.4 is 5.56 Å². The first-order valence-corrected chi connectivity index (χ1v) is 12.3. The average molecular weight is 454 g/mol. The molecule has 31 heavy (non-hydrogen) atoms. The van der Waals surface area contributed by atoms with Gasteiger partial charge in [-0.1, -0.05) is 18.0 Å². The number of halogens is 1. The van der Waals surface area contributed by atoms with Gasteiger partial charge in [0.25, 0.3) is 11.5 Å². The monoisotopic (exact) mass is 453 g/mol. The van der Waals surface area contributed by atoms with Gasteiger partial charge in [-0.2, -0.15) is 0 Å². The molecule has 2 aliphatic carbocycles. The van der Waals surface area contributed by atoms with Crippen molar-refractivity contribution in [2.24, 2.45) is 5.92 Å². The molecule has 1 amide bonds. The number of carbonyl (C=O) groups is 1. The van der Waals surface area contributed by atoms with E-state index in [0.29, 0.717) is 42.1 Å². The molecule has 7 heteroatoms. The molecule has 1 aromatic carbocycles. The maximum Gasteiger partial charge on any atom is 0.269 e. The smallest absolute Gasteiger partial charge is 0.269 e. The van der Waals surface area contributed by atoms with Gasteiger partial charge >= 0.3 is 0 Å². The van der Waals surface area contributed by atoms with E-state index in [0.717, 1.165) is 39.9 Å². The number of amides is 1. The number of pyridine rings is 1. The number of rotatable bonds is 4. The molecule has 2 aromatic heterocycles. The zero-order valence-electron chi connectivity index (χ0n) is 17.5. The van der Waals surface area contributed by atoms with E-state index in [2.05, 4.69) is 0 Å². The number of carbonyl (C=O) groups excluding carboxylic acids is 1. The third-order valence-corrected chi connectivity index (χ3v) is 8.74. The van der Waals surface area contributed by atoms with Crippen molar-refractivity contribution in [2.75, 3.05) is 0 Å². The molecule has 0 saturated heterocycles. The van der Waals surface area contributed by atoms with E-state index in [1.165, 1.54) is 24.3 Å². The standard InChI is InChI=1S/C24H24ClN3O2S/c1-13-17-11-27(12-19(17)28(10-14-5-6-14)24(30)21(13)25)23(29)16-7-8-18-20(9-16)31-22(26-18)15-3-2-4-15/h7-9,14-15H,2-6,10-12H2,1H3. The van der Waals surface area contributed by atoms with Gasteiger partial charge in [-0.3, -0.25) is 9.59 Å². The molecule has 5 nitrogen and oxygen atoms in total. The molecule has 3 aromatic rings. The summed E-state index contributed by atoms with van der Waals surface area (Å²) in [6, 6.07) is 5.84. The number of hydrogen-bond donors (Lipinski definition) is 0. The number of fused-ring (bicyclic) bond motifs is 2. The molecule has 3 aliphatic rings. The highest BCUT2D eigenvalue weighted by Gasteiger charge is 2.32. The average Bonchev–Trinajstić information content (AvgIpc) is 3.28. The number of aromatic nitrogens is 2. The van der Waals surface area contributed by atoms with E-state index in [9.17, 15) is 9.59 Å². The predicted octanol–water partition coefficient (Wildman–Crippen LogP) is 5.25. The number of thiazole rings is 1. The van der Waals surface area contributed by atoms with Crippen LogP contribution in [0.1, 0.15) is 70.2 Å². The van der Waals surface area contributed by atoms with Crippen molar-refractivity contribution in [3.63, 3.8) is 0 Å². The quantitative estimate of drug-likeness (QED) is 0.541. The molecule has 0 bridgehead atoms. The van der Waals surface area contributed by atoms with Crippen LogP contribution in [-0.4, -0.2) is 20.4 Å². The van der Waals surface area contributed by atoms with Gasteiger partial charge in [0.15, 0.2) is 0 Å². The SMILES string of the molecule is Cc1c2c(n(CC3CC3)c(=O)c1Cl)CN(C(=O)c1ccc3nc(C4CCC4)sc3c1)C2.